The van der Waals surface area contributed by atoms with Gasteiger partial charge in [0.25, 0.3) is 0 Å². The summed E-state index contributed by atoms with van der Waals surface area (Å²) in [6, 6.07) is 14.4. The summed E-state index contributed by atoms with van der Waals surface area (Å²) >= 11 is 3.69. The van der Waals surface area contributed by atoms with E-state index in [1.165, 1.54) is 0 Å². The monoisotopic (exact) mass is 596 g/mol. The second-order valence-corrected chi connectivity index (χ2v) is 12.2. The van der Waals surface area contributed by atoms with E-state index >= 15 is 0 Å². The maximum absolute atomic E-state index is 9.86. The molecule has 0 unspecified atom stereocenters. The molecule has 0 radical (unpaired) electrons. The first kappa shape index (κ1) is 26.0. The molecule has 1 fully saturated rings. The molecular weight excluding hydrogens is 568 g/mol. The number of oxazole rings is 1. The van der Waals surface area contributed by atoms with E-state index in [0.717, 1.165) is 56.4 Å². The maximum Gasteiger partial charge on any atom is 0.225 e. The van der Waals surface area contributed by atoms with Gasteiger partial charge in [0.05, 0.1) is 46.9 Å². The SMILES string of the molecule is CC(C)(C)CNc1c(C#N)cnc2c(N[C@@H](c3cccc(-c4ncco4)c3)c3cn(C4CC4)nn3)cc(Br)cc12. The second-order valence-electron chi connectivity index (χ2n) is 11.3. The largest absolute Gasteiger partial charge is 0.445 e. The third-order valence-electron chi connectivity index (χ3n) is 6.80. The van der Waals surface area contributed by atoms with Crippen molar-refractivity contribution in [1.82, 2.24) is 25.0 Å². The van der Waals surface area contributed by atoms with Gasteiger partial charge in [-0.15, -0.1) is 5.10 Å². The van der Waals surface area contributed by atoms with E-state index in [-0.39, 0.29) is 11.5 Å². The number of pyridine rings is 1. The van der Waals surface area contributed by atoms with E-state index in [4.69, 9.17) is 9.40 Å². The summed E-state index contributed by atoms with van der Waals surface area (Å²) in [6.07, 6.45) is 9.09. The first-order chi connectivity index (χ1) is 19.3. The van der Waals surface area contributed by atoms with Gasteiger partial charge in [0.1, 0.15) is 18.0 Å². The molecule has 1 aliphatic rings. The van der Waals surface area contributed by atoms with Gasteiger partial charge < -0.3 is 15.1 Å². The zero-order chi connectivity index (χ0) is 27.9. The van der Waals surface area contributed by atoms with E-state index in [1.54, 1.807) is 18.7 Å². The number of benzene rings is 2. The van der Waals surface area contributed by atoms with Gasteiger partial charge in [-0.05, 0) is 48.1 Å². The molecule has 3 aromatic heterocycles. The van der Waals surface area contributed by atoms with Crippen molar-refractivity contribution in [1.29, 1.82) is 5.26 Å². The summed E-state index contributed by atoms with van der Waals surface area (Å²) in [4.78, 5) is 9.05. The van der Waals surface area contributed by atoms with Crippen molar-refractivity contribution >= 4 is 38.2 Å². The summed E-state index contributed by atoms with van der Waals surface area (Å²) in [7, 11) is 0. The average Bonchev–Trinajstić information content (AvgIpc) is 3.41. The maximum atomic E-state index is 9.86. The molecule has 0 aliphatic heterocycles. The smallest absolute Gasteiger partial charge is 0.225 e. The molecule has 10 heteroatoms. The first-order valence-corrected chi connectivity index (χ1v) is 14.0. The van der Waals surface area contributed by atoms with Gasteiger partial charge in [-0.25, -0.2) is 9.67 Å². The molecule has 40 heavy (non-hydrogen) atoms. The zero-order valence-electron chi connectivity index (χ0n) is 22.5. The number of nitrogens with zero attached hydrogens (tertiary/aromatic N) is 6. The van der Waals surface area contributed by atoms with Crippen LogP contribution in [0.5, 0.6) is 0 Å². The number of rotatable bonds is 8. The lowest BCUT2D eigenvalue weighted by molar-refractivity contribution is 0.443. The summed E-state index contributed by atoms with van der Waals surface area (Å²) < 4.78 is 8.38. The van der Waals surface area contributed by atoms with Crippen molar-refractivity contribution in [2.75, 3.05) is 17.2 Å². The molecule has 0 bridgehead atoms. The van der Waals surface area contributed by atoms with Crippen molar-refractivity contribution in [3.63, 3.8) is 0 Å². The Morgan fingerprint density at radius 3 is 2.77 bits per heavy atom. The topological polar surface area (TPSA) is 117 Å². The van der Waals surface area contributed by atoms with E-state index < -0.39 is 0 Å². The highest BCUT2D eigenvalue weighted by Gasteiger charge is 2.28. The minimum atomic E-state index is -0.330. The molecular formula is C30H29BrN8O. The number of halogens is 1. The van der Waals surface area contributed by atoms with Gasteiger partial charge in [0.15, 0.2) is 0 Å². The fourth-order valence-corrected chi connectivity index (χ4v) is 5.11. The Morgan fingerprint density at radius 2 is 2.05 bits per heavy atom. The van der Waals surface area contributed by atoms with Crippen LogP contribution in [-0.4, -0.2) is 31.5 Å². The van der Waals surface area contributed by atoms with Gasteiger partial charge in [-0.2, -0.15) is 5.26 Å². The number of hydrogen-bond donors (Lipinski definition) is 2. The molecule has 1 saturated carbocycles. The highest BCUT2D eigenvalue weighted by atomic mass is 79.9. The Labute approximate surface area is 240 Å². The standard InChI is InChI=1S/C30H29BrN8O/c1-30(2,3)17-35-26-20(14-32)15-34-28-23(26)12-21(31)13-24(28)36-27(25-16-39(38-37-25)22-7-8-22)18-5-4-6-19(11-18)29-33-9-10-40-29/h4-6,9-13,15-16,22,27,36H,7-8,17H2,1-3H3,(H,34,35)/t27-/m0/s1. The Morgan fingerprint density at radius 1 is 1.20 bits per heavy atom. The van der Waals surface area contributed by atoms with Gasteiger partial charge in [0.2, 0.25) is 5.89 Å². The van der Waals surface area contributed by atoms with Crippen molar-refractivity contribution in [2.24, 2.45) is 5.41 Å². The Bertz CT molecular complexity index is 1710. The lowest BCUT2D eigenvalue weighted by atomic mass is 9.96. The predicted molar refractivity (Wildman–Crippen MR) is 158 cm³/mol. The van der Waals surface area contributed by atoms with E-state index in [0.29, 0.717) is 24.0 Å². The molecule has 202 valence electrons. The third kappa shape index (κ3) is 5.42. The first-order valence-electron chi connectivity index (χ1n) is 13.2. The van der Waals surface area contributed by atoms with Crippen molar-refractivity contribution in [3.05, 3.63) is 82.5 Å². The van der Waals surface area contributed by atoms with E-state index in [9.17, 15) is 5.26 Å². The predicted octanol–water partition coefficient (Wildman–Crippen LogP) is 7.11. The molecule has 3 heterocycles. The van der Waals surface area contributed by atoms with Crippen LogP contribution in [0, 0.1) is 16.7 Å². The van der Waals surface area contributed by atoms with Crippen LogP contribution in [0.25, 0.3) is 22.4 Å². The van der Waals surface area contributed by atoms with E-state index in [1.807, 2.05) is 35.1 Å². The highest BCUT2D eigenvalue weighted by molar-refractivity contribution is 9.10. The third-order valence-corrected chi connectivity index (χ3v) is 7.25. The van der Waals surface area contributed by atoms with Crippen LogP contribution in [0.15, 0.2) is 70.1 Å². The molecule has 1 atom stereocenters. The molecule has 9 nitrogen and oxygen atoms in total. The highest BCUT2D eigenvalue weighted by Crippen LogP contribution is 2.38. The van der Waals surface area contributed by atoms with E-state index in [2.05, 4.69) is 80.8 Å². The van der Waals surface area contributed by atoms with Crippen molar-refractivity contribution in [3.8, 4) is 17.5 Å². The van der Waals surface area contributed by atoms with Crippen molar-refractivity contribution in [2.45, 2.75) is 45.7 Å². The normalized spacial score (nSPS) is 14.2. The molecule has 5 aromatic rings. The number of aromatic nitrogens is 5. The quantitative estimate of drug-likeness (QED) is 0.194. The number of fused-ring (bicyclic) bond motifs is 1. The van der Waals surface area contributed by atoms with Crippen LogP contribution < -0.4 is 10.6 Å². The molecule has 6 rings (SSSR count). The molecule has 0 amide bonds. The summed E-state index contributed by atoms with van der Waals surface area (Å²) in [6.45, 7) is 7.18. The second kappa shape index (κ2) is 10.4. The average molecular weight is 598 g/mol. The molecule has 2 aromatic carbocycles. The van der Waals surface area contributed by atoms with Gasteiger partial charge in [0, 0.05) is 28.2 Å². The summed E-state index contributed by atoms with van der Waals surface area (Å²) in [5.41, 5.74) is 5.51. The summed E-state index contributed by atoms with van der Waals surface area (Å²) in [5.74, 6) is 0.551. The van der Waals surface area contributed by atoms with Crippen LogP contribution in [0.1, 0.15) is 62.5 Å². The molecule has 2 N–H and O–H groups in total. The van der Waals surface area contributed by atoms with Crippen LogP contribution in [-0.2, 0) is 0 Å². The van der Waals surface area contributed by atoms with Gasteiger partial charge >= 0.3 is 0 Å². The van der Waals surface area contributed by atoms with Gasteiger partial charge in [-0.1, -0.05) is 54.0 Å². The van der Waals surface area contributed by atoms with Crippen molar-refractivity contribution < 1.29 is 4.42 Å². The number of nitriles is 1. The minimum Gasteiger partial charge on any atom is -0.445 e. The molecule has 1 aliphatic carbocycles. The zero-order valence-corrected chi connectivity index (χ0v) is 24.1. The Kier molecular flexibility index (Phi) is 6.76. The fourth-order valence-electron chi connectivity index (χ4n) is 4.65. The lowest BCUT2D eigenvalue weighted by Gasteiger charge is -2.23. The van der Waals surface area contributed by atoms with Crippen LogP contribution >= 0.6 is 15.9 Å². The van der Waals surface area contributed by atoms with Crippen LogP contribution in [0.2, 0.25) is 0 Å². The van der Waals surface area contributed by atoms with Gasteiger partial charge in [-0.3, -0.25) is 4.98 Å². The molecule has 0 spiro atoms. The number of hydrogen-bond acceptors (Lipinski definition) is 8. The number of anilines is 2. The van der Waals surface area contributed by atoms with Crippen LogP contribution in [0.4, 0.5) is 11.4 Å². The lowest BCUT2D eigenvalue weighted by Crippen LogP contribution is -2.20. The number of nitrogens with one attached hydrogen (secondary N) is 2. The van der Waals surface area contributed by atoms with Crippen LogP contribution in [0.3, 0.4) is 0 Å². The molecule has 0 saturated heterocycles. The fraction of sp³-hybridized carbons (Fsp3) is 0.300. The Hall–Kier alpha value is -4.23. The minimum absolute atomic E-state index is 0.0295. The summed E-state index contributed by atoms with van der Waals surface area (Å²) in [5, 5.41) is 26.9. The Balaban J connectivity index is 1.46.